The summed E-state index contributed by atoms with van der Waals surface area (Å²) in [7, 11) is 0. The lowest BCUT2D eigenvalue weighted by atomic mass is 10.2. The molecule has 10 heteroatoms. The summed E-state index contributed by atoms with van der Waals surface area (Å²) in [5, 5.41) is 5.48. The van der Waals surface area contributed by atoms with E-state index in [0.29, 0.717) is 29.7 Å². The van der Waals surface area contributed by atoms with Gasteiger partial charge in [-0.25, -0.2) is 13.2 Å². The highest BCUT2D eigenvalue weighted by molar-refractivity contribution is 6.36. The minimum absolute atomic E-state index is 0.138. The summed E-state index contributed by atoms with van der Waals surface area (Å²) in [6, 6.07) is 6.22. The van der Waals surface area contributed by atoms with Gasteiger partial charge in [0.05, 0.1) is 29.5 Å². The van der Waals surface area contributed by atoms with E-state index in [-0.39, 0.29) is 18.1 Å². The van der Waals surface area contributed by atoms with Crippen molar-refractivity contribution in [2.45, 2.75) is 13.3 Å². The highest BCUT2D eigenvalue weighted by atomic mass is 35.5. The van der Waals surface area contributed by atoms with E-state index in [1.807, 2.05) is 6.92 Å². The fourth-order valence-corrected chi connectivity index (χ4v) is 2.98. The van der Waals surface area contributed by atoms with Crippen LogP contribution in [0.5, 0.6) is 0 Å². The molecule has 0 bridgehead atoms. The van der Waals surface area contributed by atoms with Crippen molar-refractivity contribution in [2.24, 2.45) is 0 Å². The molecule has 0 aliphatic rings. The number of nitrogens with zero attached hydrogens (tertiary/aromatic N) is 1. The van der Waals surface area contributed by atoms with Crippen molar-refractivity contribution >= 4 is 46.4 Å². The molecular formula is C19H18Cl2F3N3O2. The van der Waals surface area contributed by atoms with E-state index in [0.717, 1.165) is 6.07 Å². The molecular weight excluding hydrogens is 430 g/mol. The van der Waals surface area contributed by atoms with Crippen LogP contribution in [0.1, 0.15) is 13.3 Å². The highest BCUT2D eigenvalue weighted by Crippen LogP contribution is 2.25. The second-order valence-corrected chi connectivity index (χ2v) is 7.00. The molecule has 2 rings (SSSR count). The monoisotopic (exact) mass is 447 g/mol. The average molecular weight is 448 g/mol. The molecule has 29 heavy (non-hydrogen) atoms. The minimum Gasteiger partial charge on any atom is -0.324 e. The van der Waals surface area contributed by atoms with Crippen molar-refractivity contribution in [1.82, 2.24) is 4.90 Å². The van der Waals surface area contributed by atoms with Gasteiger partial charge in [0.2, 0.25) is 11.8 Å². The highest BCUT2D eigenvalue weighted by Gasteiger charge is 2.18. The van der Waals surface area contributed by atoms with E-state index >= 15 is 0 Å². The molecule has 0 heterocycles. The van der Waals surface area contributed by atoms with Crippen LogP contribution < -0.4 is 10.6 Å². The maximum Gasteiger partial charge on any atom is 0.238 e. The number of benzene rings is 2. The van der Waals surface area contributed by atoms with E-state index in [2.05, 4.69) is 10.6 Å². The average Bonchev–Trinajstić information content (AvgIpc) is 2.64. The van der Waals surface area contributed by atoms with Gasteiger partial charge in [-0.05, 0) is 43.3 Å². The van der Waals surface area contributed by atoms with Crippen LogP contribution in [0.15, 0.2) is 30.3 Å². The molecule has 2 amide bonds. The number of anilines is 2. The summed E-state index contributed by atoms with van der Waals surface area (Å²) in [6.45, 7) is 1.86. The van der Waals surface area contributed by atoms with Gasteiger partial charge in [-0.15, -0.1) is 0 Å². The Morgan fingerprint density at radius 3 is 2.10 bits per heavy atom. The minimum atomic E-state index is -1.67. The number of nitrogens with one attached hydrogen (secondary N) is 2. The summed E-state index contributed by atoms with van der Waals surface area (Å²) < 4.78 is 40.0. The number of amides is 2. The lowest BCUT2D eigenvalue weighted by molar-refractivity contribution is -0.120. The molecule has 0 aromatic heterocycles. The zero-order chi connectivity index (χ0) is 21.6. The topological polar surface area (TPSA) is 61.4 Å². The summed E-state index contributed by atoms with van der Waals surface area (Å²) in [5.74, 6) is -5.62. The van der Waals surface area contributed by atoms with Crippen LogP contribution in [0, 0.1) is 17.5 Å². The van der Waals surface area contributed by atoms with Gasteiger partial charge in [0.1, 0.15) is 0 Å². The second kappa shape index (κ2) is 10.5. The molecule has 0 saturated heterocycles. The first kappa shape index (κ1) is 23.0. The number of carbonyl (C=O) groups excluding carboxylic acids is 2. The lowest BCUT2D eigenvalue weighted by Gasteiger charge is -2.21. The predicted octanol–water partition coefficient (Wildman–Crippen LogP) is 4.70. The Morgan fingerprint density at radius 2 is 1.52 bits per heavy atom. The van der Waals surface area contributed by atoms with E-state index in [1.165, 1.54) is 11.0 Å². The number of hydrogen-bond acceptors (Lipinski definition) is 3. The number of halogens is 5. The molecule has 5 nitrogen and oxygen atoms in total. The standard InChI is InChI=1S/C19H18Cl2F3N3O2/c1-2-7-27(9-16(28)25-14-5-3-11(20)8-12(14)21)10-17(29)26-15-6-4-13(22)18(23)19(15)24/h3-6,8H,2,7,9-10H2,1H3,(H,25,28)(H,26,29). The Labute approximate surface area is 175 Å². The number of hydrogen-bond donors (Lipinski definition) is 2. The Bertz CT molecular complexity index is 913. The molecule has 2 aromatic rings. The third kappa shape index (κ3) is 6.62. The molecule has 0 radical (unpaired) electrons. The van der Waals surface area contributed by atoms with Crippen LogP contribution in [0.4, 0.5) is 24.5 Å². The van der Waals surface area contributed by atoms with Crippen molar-refractivity contribution in [3.8, 4) is 0 Å². The van der Waals surface area contributed by atoms with E-state index < -0.39 is 35.0 Å². The van der Waals surface area contributed by atoms with Gasteiger partial charge in [-0.3, -0.25) is 14.5 Å². The van der Waals surface area contributed by atoms with Crippen LogP contribution in [0.2, 0.25) is 10.0 Å². The van der Waals surface area contributed by atoms with Gasteiger partial charge < -0.3 is 10.6 Å². The molecule has 0 spiro atoms. The van der Waals surface area contributed by atoms with E-state index in [4.69, 9.17) is 23.2 Å². The molecule has 156 valence electrons. The third-order valence-electron chi connectivity index (χ3n) is 3.79. The van der Waals surface area contributed by atoms with Gasteiger partial charge in [-0.1, -0.05) is 30.1 Å². The van der Waals surface area contributed by atoms with Gasteiger partial charge in [-0.2, -0.15) is 0 Å². The van der Waals surface area contributed by atoms with Crippen molar-refractivity contribution in [3.05, 3.63) is 57.8 Å². The normalized spacial score (nSPS) is 10.9. The fraction of sp³-hybridized carbons (Fsp3) is 0.263. The lowest BCUT2D eigenvalue weighted by Crippen LogP contribution is -2.39. The Hall–Kier alpha value is -2.29. The fourth-order valence-electron chi connectivity index (χ4n) is 2.53. The van der Waals surface area contributed by atoms with Crippen molar-refractivity contribution in [3.63, 3.8) is 0 Å². The molecule has 0 aliphatic heterocycles. The number of rotatable bonds is 8. The Kier molecular flexibility index (Phi) is 8.31. The van der Waals surface area contributed by atoms with Crippen LogP contribution in [-0.2, 0) is 9.59 Å². The molecule has 0 aliphatic carbocycles. The predicted molar refractivity (Wildman–Crippen MR) is 107 cm³/mol. The first-order valence-corrected chi connectivity index (χ1v) is 9.37. The zero-order valence-corrected chi connectivity index (χ0v) is 16.9. The molecule has 0 atom stereocenters. The molecule has 2 N–H and O–H groups in total. The van der Waals surface area contributed by atoms with Crippen molar-refractivity contribution < 1.29 is 22.8 Å². The van der Waals surface area contributed by atoms with Gasteiger partial charge >= 0.3 is 0 Å². The van der Waals surface area contributed by atoms with E-state index in [1.54, 1.807) is 12.1 Å². The van der Waals surface area contributed by atoms with Crippen LogP contribution in [0.25, 0.3) is 0 Å². The molecule has 0 fully saturated rings. The second-order valence-electron chi connectivity index (χ2n) is 6.15. The molecule has 0 unspecified atom stereocenters. The van der Waals surface area contributed by atoms with Crippen LogP contribution in [-0.4, -0.2) is 36.3 Å². The van der Waals surface area contributed by atoms with Crippen molar-refractivity contribution in [2.75, 3.05) is 30.3 Å². The summed E-state index contributed by atoms with van der Waals surface area (Å²) >= 11 is 11.8. The quantitative estimate of drug-likeness (QED) is 0.576. The smallest absolute Gasteiger partial charge is 0.238 e. The van der Waals surface area contributed by atoms with Crippen LogP contribution in [0.3, 0.4) is 0 Å². The Balaban J connectivity index is 1.99. The summed E-state index contributed by atoms with van der Waals surface area (Å²) in [6.07, 6.45) is 0.641. The SMILES string of the molecule is CCCN(CC(=O)Nc1ccc(Cl)cc1Cl)CC(=O)Nc1ccc(F)c(F)c1F. The van der Waals surface area contributed by atoms with E-state index in [9.17, 15) is 22.8 Å². The maximum atomic E-state index is 13.7. The molecule has 2 aromatic carbocycles. The summed E-state index contributed by atoms with van der Waals surface area (Å²) in [5.41, 5.74) is -0.117. The van der Waals surface area contributed by atoms with Crippen molar-refractivity contribution in [1.29, 1.82) is 0 Å². The third-order valence-corrected chi connectivity index (χ3v) is 4.34. The largest absolute Gasteiger partial charge is 0.324 e. The molecule has 0 saturated carbocycles. The first-order chi connectivity index (χ1) is 13.7. The maximum absolute atomic E-state index is 13.7. The summed E-state index contributed by atoms with van der Waals surface area (Å²) in [4.78, 5) is 26.0. The number of carbonyl (C=O) groups is 2. The Morgan fingerprint density at radius 1 is 0.931 bits per heavy atom. The van der Waals surface area contributed by atoms with Gasteiger partial charge in [0.15, 0.2) is 17.5 Å². The van der Waals surface area contributed by atoms with Gasteiger partial charge in [0.25, 0.3) is 0 Å². The zero-order valence-electron chi connectivity index (χ0n) is 15.4. The first-order valence-electron chi connectivity index (χ1n) is 8.61. The van der Waals surface area contributed by atoms with Crippen LogP contribution >= 0.6 is 23.2 Å². The van der Waals surface area contributed by atoms with Gasteiger partial charge in [0, 0.05) is 5.02 Å².